The molecule has 0 fully saturated rings. The summed E-state index contributed by atoms with van der Waals surface area (Å²) in [4.78, 5) is 15.9. The summed E-state index contributed by atoms with van der Waals surface area (Å²) in [6.07, 6.45) is 1.47. The number of carbonyl (C=O) groups excluding carboxylic acids is 1. The molecule has 0 saturated carbocycles. The highest BCUT2D eigenvalue weighted by Crippen LogP contribution is 2.13. The third kappa shape index (κ3) is 1.82. The molecule has 0 aliphatic carbocycles. The van der Waals surface area contributed by atoms with Gasteiger partial charge < -0.3 is 5.73 Å². The Morgan fingerprint density at radius 1 is 1.19 bits per heavy atom. The van der Waals surface area contributed by atoms with E-state index in [0.29, 0.717) is 11.1 Å². The molecule has 2 N–H and O–H groups in total. The van der Waals surface area contributed by atoms with Crippen LogP contribution in [0.3, 0.4) is 0 Å². The third-order valence-electron chi connectivity index (χ3n) is 2.30. The average Bonchev–Trinajstić information content (AvgIpc) is 2.33. The van der Waals surface area contributed by atoms with Gasteiger partial charge in [0.2, 0.25) is 0 Å². The standard InChI is InChI=1S/C12H9BN2O/c13-12-10(14)9(6-7-15-12)11(16)8-4-2-1-3-5-8/h1-7H,14H2. The molecule has 4 heteroatoms. The summed E-state index contributed by atoms with van der Waals surface area (Å²) >= 11 is 0. The number of ketones is 1. The van der Waals surface area contributed by atoms with Crippen LogP contribution >= 0.6 is 0 Å². The number of nitrogens with zero attached hydrogens (tertiary/aromatic N) is 1. The highest BCUT2D eigenvalue weighted by molar-refractivity contribution is 6.35. The van der Waals surface area contributed by atoms with Gasteiger partial charge in [-0.25, -0.2) is 0 Å². The maximum absolute atomic E-state index is 12.1. The third-order valence-corrected chi connectivity index (χ3v) is 2.30. The first-order chi connectivity index (χ1) is 7.70. The number of pyridine rings is 1. The fourth-order valence-corrected chi connectivity index (χ4v) is 1.43. The van der Waals surface area contributed by atoms with Crippen molar-refractivity contribution in [3.05, 3.63) is 53.7 Å². The zero-order valence-electron chi connectivity index (χ0n) is 8.55. The van der Waals surface area contributed by atoms with E-state index in [1.54, 1.807) is 30.3 Å². The SMILES string of the molecule is [B]c1nccc(C(=O)c2ccccc2)c1N. The first-order valence-corrected chi connectivity index (χ1v) is 4.80. The maximum atomic E-state index is 12.1. The van der Waals surface area contributed by atoms with Crippen molar-refractivity contribution in [3.63, 3.8) is 0 Å². The van der Waals surface area contributed by atoms with Crippen molar-refractivity contribution < 1.29 is 4.79 Å². The van der Waals surface area contributed by atoms with Gasteiger partial charge in [-0.2, -0.15) is 0 Å². The van der Waals surface area contributed by atoms with E-state index in [9.17, 15) is 4.79 Å². The fourth-order valence-electron chi connectivity index (χ4n) is 1.43. The molecule has 0 bridgehead atoms. The molecule has 2 aromatic rings. The molecule has 76 valence electrons. The Hall–Kier alpha value is -2.10. The van der Waals surface area contributed by atoms with Crippen molar-refractivity contribution >= 4 is 24.9 Å². The first kappa shape index (κ1) is 10.4. The molecule has 2 radical (unpaired) electrons. The Balaban J connectivity index is 2.46. The summed E-state index contributed by atoms with van der Waals surface area (Å²) in [5, 5.41) is 0. The van der Waals surface area contributed by atoms with E-state index >= 15 is 0 Å². The summed E-state index contributed by atoms with van der Waals surface area (Å²) in [6.45, 7) is 0. The molecule has 0 amide bonds. The Bertz CT molecular complexity index is 526. The second kappa shape index (κ2) is 4.19. The van der Waals surface area contributed by atoms with Crippen LogP contribution in [0.2, 0.25) is 0 Å². The van der Waals surface area contributed by atoms with Crippen LogP contribution in [-0.4, -0.2) is 18.6 Å². The van der Waals surface area contributed by atoms with E-state index in [2.05, 4.69) is 4.98 Å². The number of hydrogen-bond acceptors (Lipinski definition) is 3. The summed E-state index contributed by atoms with van der Waals surface area (Å²) in [5.41, 5.74) is 7.10. The van der Waals surface area contributed by atoms with E-state index in [1.165, 1.54) is 6.20 Å². The smallest absolute Gasteiger partial charge is 0.195 e. The zero-order chi connectivity index (χ0) is 11.5. The second-order valence-electron chi connectivity index (χ2n) is 3.35. The quantitative estimate of drug-likeness (QED) is 0.583. The predicted molar refractivity (Wildman–Crippen MR) is 63.9 cm³/mol. The number of hydrogen-bond donors (Lipinski definition) is 1. The lowest BCUT2D eigenvalue weighted by Crippen LogP contribution is -2.18. The molecular formula is C12H9BN2O. The van der Waals surface area contributed by atoms with Gasteiger partial charge in [-0.1, -0.05) is 30.3 Å². The highest BCUT2D eigenvalue weighted by atomic mass is 16.1. The van der Waals surface area contributed by atoms with Crippen molar-refractivity contribution in [1.29, 1.82) is 0 Å². The van der Waals surface area contributed by atoms with Crippen molar-refractivity contribution in [2.45, 2.75) is 0 Å². The number of carbonyl (C=O) groups is 1. The van der Waals surface area contributed by atoms with Crippen LogP contribution in [-0.2, 0) is 0 Å². The molecule has 1 heterocycles. The largest absolute Gasteiger partial charge is 0.397 e. The Labute approximate surface area is 94.7 Å². The van der Waals surface area contributed by atoms with E-state index in [1.807, 2.05) is 6.07 Å². The lowest BCUT2D eigenvalue weighted by molar-refractivity contribution is 0.103. The summed E-state index contributed by atoms with van der Waals surface area (Å²) in [7, 11) is 5.55. The number of rotatable bonds is 2. The zero-order valence-corrected chi connectivity index (χ0v) is 8.55. The minimum Gasteiger partial charge on any atom is -0.397 e. The van der Waals surface area contributed by atoms with Crippen LogP contribution in [0.1, 0.15) is 15.9 Å². The Morgan fingerprint density at radius 2 is 1.88 bits per heavy atom. The second-order valence-corrected chi connectivity index (χ2v) is 3.35. The van der Waals surface area contributed by atoms with E-state index in [4.69, 9.17) is 13.6 Å². The molecule has 3 nitrogen and oxygen atoms in total. The monoisotopic (exact) mass is 208 g/mol. The molecule has 0 unspecified atom stereocenters. The van der Waals surface area contributed by atoms with Gasteiger partial charge in [-0.15, -0.1) is 0 Å². The van der Waals surface area contributed by atoms with E-state index in [0.717, 1.165) is 0 Å². The maximum Gasteiger partial charge on any atom is 0.195 e. The Morgan fingerprint density at radius 3 is 2.56 bits per heavy atom. The van der Waals surface area contributed by atoms with E-state index in [-0.39, 0.29) is 17.1 Å². The van der Waals surface area contributed by atoms with Gasteiger partial charge in [0.15, 0.2) is 5.78 Å². The summed E-state index contributed by atoms with van der Waals surface area (Å²) in [6, 6.07) is 10.5. The lowest BCUT2D eigenvalue weighted by atomic mass is 9.95. The van der Waals surface area contributed by atoms with Gasteiger partial charge >= 0.3 is 0 Å². The lowest BCUT2D eigenvalue weighted by Gasteiger charge is -2.06. The predicted octanol–water partition coefficient (Wildman–Crippen LogP) is 0.689. The number of aromatic nitrogens is 1. The molecule has 0 atom stereocenters. The minimum atomic E-state index is -0.146. The van der Waals surface area contributed by atoms with Crippen LogP contribution in [0.25, 0.3) is 0 Å². The van der Waals surface area contributed by atoms with Crippen molar-refractivity contribution in [2.24, 2.45) is 0 Å². The van der Waals surface area contributed by atoms with Gasteiger partial charge in [-0.3, -0.25) is 9.78 Å². The molecule has 0 spiro atoms. The van der Waals surface area contributed by atoms with Crippen LogP contribution in [0.15, 0.2) is 42.6 Å². The van der Waals surface area contributed by atoms with E-state index < -0.39 is 0 Å². The van der Waals surface area contributed by atoms with Crippen LogP contribution < -0.4 is 11.3 Å². The average molecular weight is 208 g/mol. The van der Waals surface area contributed by atoms with Crippen LogP contribution in [0.4, 0.5) is 5.69 Å². The molecule has 0 aliphatic heterocycles. The molecule has 0 aliphatic rings. The van der Waals surface area contributed by atoms with Gasteiger partial charge in [0.25, 0.3) is 0 Å². The van der Waals surface area contributed by atoms with Crippen molar-refractivity contribution in [3.8, 4) is 0 Å². The summed E-state index contributed by atoms with van der Waals surface area (Å²) < 4.78 is 0. The molecule has 1 aromatic carbocycles. The van der Waals surface area contributed by atoms with Gasteiger partial charge in [0.1, 0.15) is 7.85 Å². The molecule has 0 saturated heterocycles. The molecular weight excluding hydrogens is 199 g/mol. The van der Waals surface area contributed by atoms with Crippen LogP contribution in [0, 0.1) is 0 Å². The van der Waals surface area contributed by atoms with Gasteiger partial charge in [0, 0.05) is 22.9 Å². The topological polar surface area (TPSA) is 56.0 Å². The number of nitrogen functional groups attached to an aromatic ring is 1. The molecule has 1 aromatic heterocycles. The molecule has 2 rings (SSSR count). The Kier molecular flexibility index (Phi) is 2.73. The molecule has 16 heavy (non-hydrogen) atoms. The minimum absolute atomic E-state index is 0.146. The number of nitrogens with two attached hydrogens (primary N) is 1. The fraction of sp³-hybridized carbons (Fsp3) is 0. The van der Waals surface area contributed by atoms with Crippen molar-refractivity contribution in [1.82, 2.24) is 4.98 Å². The van der Waals surface area contributed by atoms with Gasteiger partial charge in [0.05, 0.1) is 5.69 Å². The van der Waals surface area contributed by atoms with Crippen LogP contribution in [0.5, 0.6) is 0 Å². The number of benzene rings is 1. The highest BCUT2D eigenvalue weighted by Gasteiger charge is 2.12. The van der Waals surface area contributed by atoms with Crippen molar-refractivity contribution in [2.75, 3.05) is 5.73 Å². The first-order valence-electron chi connectivity index (χ1n) is 4.80. The normalized spacial score (nSPS) is 10.0. The van der Waals surface area contributed by atoms with Gasteiger partial charge in [-0.05, 0) is 6.07 Å². The number of anilines is 1. The summed E-state index contributed by atoms with van der Waals surface area (Å²) in [5.74, 6) is -0.146.